The Kier molecular flexibility index (Phi) is 5.78. The highest BCUT2D eigenvalue weighted by atomic mass is 32.1. The van der Waals surface area contributed by atoms with Gasteiger partial charge in [0, 0.05) is 56.1 Å². The predicted octanol–water partition coefficient (Wildman–Crippen LogP) is 3.40. The molecule has 3 heterocycles. The minimum atomic E-state index is 0.168. The van der Waals surface area contributed by atoms with Crippen LogP contribution in [-0.2, 0) is 17.8 Å². The van der Waals surface area contributed by atoms with Crippen LogP contribution in [0.1, 0.15) is 16.8 Å². The van der Waals surface area contributed by atoms with Crippen molar-refractivity contribution in [3.05, 3.63) is 71.0 Å². The highest BCUT2D eigenvalue weighted by Crippen LogP contribution is 2.24. The number of rotatable bonds is 5. The van der Waals surface area contributed by atoms with Crippen molar-refractivity contribution < 1.29 is 4.79 Å². The van der Waals surface area contributed by atoms with Crippen LogP contribution in [0.3, 0.4) is 0 Å². The van der Waals surface area contributed by atoms with E-state index in [0.29, 0.717) is 6.42 Å². The van der Waals surface area contributed by atoms with Crippen LogP contribution < -0.4 is 0 Å². The summed E-state index contributed by atoms with van der Waals surface area (Å²) in [5.74, 6) is 0.168. The van der Waals surface area contributed by atoms with E-state index in [9.17, 15) is 4.79 Å². The van der Waals surface area contributed by atoms with Gasteiger partial charge in [-0.25, -0.2) is 4.98 Å². The fourth-order valence-corrected chi connectivity index (χ4v) is 4.21. The lowest BCUT2D eigenvalue weighted by Crippen LogP contribution is -2.48. The molecule has 1 saturated heterocycles. The van der Waals surface area contributed by atoms with Gasteiger partial charge in [-0.05, 0) is 18.6 Å². The van der Waals surface area contributed by atoms with Gasteiger partial charge in [-0.3, -0.25) is 14.7 Å². The topological polar surface area (TPSA) is 49.3 Å². The molecule has 1 aliphatic heterocycles. The summed E-state index contributed by atoms with van der Waals surface area (Å²) in [6, 6.07) is 12.4. The molecule has 0 bridgehead atoms. The SMILES string of the molecule is Cc1ccc(-c2nc(CC(=O)N3CCN(Cc4cccnc4)CC3)cs2)cc1. The third kappa shape index (κ3) is 4.64. The quantitative estimate of drug-likeness (QED) is 0.668. The predicted molar refractivity (Wildman–Crippen MR) is 112 cm³/mol. The van der Waals surface area contributed by atoms with Crippen molar-refractivity contribution in [2.75, 3.05) is 26.2 Å². The van der Waals surface area contributed by atoms with Crippen molar-refractivity contribution in [3.8, 4) is 10.6 Å². The zero-order valence-electron chi connectivity index (χ0n) is 16.0. The van der Waals surface area contributed by atoms with E-state index < -0.39 is 0 Å². The smallest absolute Gasteiger partial charge is 0.228 e. The lowest BCUT2D eigenvalue weighted by Gasteiger charge is -2.34. The lowest BCUT2D eigenvalue weighted by atomic mass is 10.2. The fraction of sp³-hybridized carbons (Fsp3) is 0.318. The summed E-state index contributed by atoms with van der Waals surface area (Å²) < 4.78 is 0. The van der Waals surface area contributed by atoms with E-state index in [1.165, 1.54) is 11.1 Å². The fourth-order valence-electron chi connectivity index (χ4n) is 3.39. The second kappa shape index (κ2) is 8.63. The van der Waals surface area contributed by atoms with Crippen LogP contribution in [0.4, 0.5) is 0 Å². The Bertz CT molecular complexity index is 915. The molecule has 3 aromatic rings. The van der Waals surface area contributed by atoms with Crippen molar-refractivity contribution >= 4 is 17.2 Å². The number of pyridine rings is 1. The van der Waals surface area contributed by atoms with Gasteiger partial charge < -0.3 is 4.90 Å². The third-order valence-electron chi connectivity index (χ3n) is 5.04. The number of benzene rings is 1. The molecule has 0 unspecified atom stereocenters. The van der Waals surface area contributed by atoms with Crippen LogP contribution in [0.15, 0.2) is 54.2 Å². The third-order valence-corrected chi connectivity index (χ3v) is 5.98. The molecule has 0 atom stereocenters. The van der Waals surface area contributed by atoms with Crippen LogP contribution in [-0.4, -0.2) is 51.9 Å². The Hall–Kier alpha value is -2.57. The highest BCUT2D eigenvalue weighted by Gasteiger charge is 2.22. The van der Waals surface area contributed by atoms with Crippen LogP contribution in [0.2, 0.25) is 0 Å². The minimum absolute atomic E-state index is 0.168. The lowest BCUT2D eigenvalue weighted by molar-refractivity contribution is -0.132. The van der Waals surface area contributed by atoms with Crippen molar-refractivity contribution in [2.24, 2.45) is 0 Å². The molecule has 1 amide bonds. The standard InChI is InChI=1S/C22H24N4OS/c1-17-4-6-19(7-5-17)22-24-20(16-28-22)13-21(27)26-11-9-25(10-12-26)15-18-3-2-8-23-14-18/h2-8,14,16H,9-13,15H2,1H3. The van der Waals surface area contributed by atoms with Gasteiger partial charge in [0.2, 0.25) is 5.91 Å². The summed E-state index contributed by atoms with van der Waals surface area (Å²) in [7, 11) is 0. The summed E-state index contributed by atoms with van der Waals surface area (Å²) in [4.78, 5) is 25.9. The maximum absolute atomic E-state index is 12.7. The molecular formula is C22H24N4OS. The van der Waals surface area contributed by atoms with Crippen molar-refractivity contribution in [2.45, 2.75) is 19.9 Å². The maximum atomic E-state index is 12.7. The molecule has 28 heavy (non-hydrogen) atoms. The van der Waals surface area contributed by atoms with E-state index in [0.717, 1.165) is 49.0 Å². The van der Waals surface area contributed by atoms with Gasteiger partial charge in [-0.1, -0.05) is 35.9 Å². The Labute approximate surface area is 169 Å². The van der Waals surface area contributed by atoms with Crippen LogP contribution >= 0.6 is 11.3 Å². The zero-order valence-corrected chi connectivity index (χ0v) is 16.9. The molecule has 4 rings (SSSR count). The van der Waals surface area contributed by atoms with E-state index in [1.807, 2.05) is 22.5 Å². The van der Waals surface area contributed by atoms with Gasteiger partial charge in [0.25, 0.3) is 0 Å². The highest BCUT2D eigenvalue weighted by molar-refractivity contribution is 7.13. The molecule has 0 spiro atoms. The van der Waals surface area contributed by atoms with E-state index in [4.69, 9.17) is 0 Å². The maximum Gasteiger partial charge on any atom is 0.228 e. The van der Waals surface area contributed by atoms with Crippen molar-refractivity contribution in [3.63, 3.8) is 0 Å². The summed E-state index contributed by atoms with van der Waals surface area (Å²) >= 11 is 1.60. The van der Waals surface area contributed by atoms with Gasteiger partial charge in [0.1, 0.15) is 5.01 Å². The number of hydrogen-bond donors (Lipinski definition) is 0. The van der Waals surface area contributed by atoms with Crippen LogP contribution in [0.25, 0.3) is 10.6 Å². The Morgan fingerprint density at radius 1 is 1.11 bits per heavy atom. The molecule has 1 fully saturated rings. The Balaban J connectivity index is 1.29. The molecule has 0 aliphatic carbocycles. The number of hydrogen-bond acceptors (Lipinski definition) is 5. The second-order valence-corrected chi connectivity index (χ2v) is 8.06. The molecule has 1 aromatic carbocycles. The monoisotopic (exact) mass is 392 g/mol. The summed E-state index contributed by atoms with van der Waals surface area (Å²) in [6.07, 6.45) is 4.08. The molecule has 5 nitrogen and oxygen atoms in total. The number of thiazole rings is 1. The molecular weight excluding hydrogens is 368 g/mol. The molecule has 144 valence electrons. The van der Waals surface area contributed by atoms with E-state index >= 15 is 0 Å². The van der Waals surface area contributed by atoms with E-state index in [1.54, 1.807) is 17.5 Å². The van der Waals surface area contributed by atoms with Gasteiger partial charge in [0.15, 0.2) is 0 Å². The number of amides is 1. The van der Waals surface area contributed by atoms with E-state index in [2.05, 4.69) is 52.1 Å². The zero-order chi connectivity index (χ0) is 19.3. The first-order valence-electron chi connectivity index (χ1n) is 9.58. The average Bonchev–Trinajstić information content (AvgIpc) is 3.18. The second-order valence-electron chi connectivity index (χ2n) is 7.21. The first-order valence-corrected chi connectivity index (χ1v) is 10.5. The van der Waals surface area contributed by atoms with Crippen molar-refractivity contribution in [1.82, 2.24) is 19.8 Å². The number of carbonyl (C=O) groups is 1. The number of aryl methyl sites for hydroxylation is 1. The first kappa shape index (κ1) is 18.8. The molecule has 1 aliphatic rings. The Morgan fingerprint density at radius 2 is 1.89 bits per heavy atom. The van der Waals surface area contributed by atoms with Crippen LogP contribution in [0, 0.1) is 6.92 Å². The van der Waals surface area contributed by atoms with Gasteiger partial charge in [-0.15, -0.1) is 11.3 Å². The van der Waals surface area contributed by atoms with Gasteiger partial charge in [-0.2, -0.15) is 0 Å². The first-order chi connectivity index (χ1) is 13.7. The number of nitrogens with zero attached hydrogens (tertiary/aromatic N) is 4. The van der Waals surface area contributed by atoms with E-state index in [-0.39, 0.29) is 5.91 Å². The Morgan fingerprint density at radius 3 is 2.61 bits per heavy atom. The normalized spacial score (nSPS) is 15.0. The molecule has 0 saturated carbocycles. The number of piperazine rings is 1. The molecule has 2 aromatic heterocycles. The minimum Gasteiger partial charge on any atom is -0.340 e. The van der Waals surface area contributed by atoms with Gasteiger partial charge >= 0.3 is 0 Å². The summed E-state index contributed by atoms with van der Waals surface area (Å²) in [6.45, 7) is 6.30. The largest absolute Gasteiger partial charge is 0.340 e. The van der Waals surface area contributed by atoms with Gasteiger partial charge in [0.05, 0.1) is 12.1 Å². The molecule has 6 heteroatoms. The number of carbonyl (C=O) groups excluding carboxylic acids is 1. The summed E-state index contributed by atoms with van der Waals surface area (Å²) in [5, 5.41) is 2.98. The average molecular weight is 393 g/mol. The molecule has 0 N–H and O–H groups in total. The van der Waals surface area contributed by atoms with Crippen LogP contribution in [0.5, 0.6) is 0 Å². The molecule has 0 radical (unpaired) electrons. The summed E-state index contributed by atoms with van der Waals surface area (Å²) in [5.41, 5.74) is 4.42. The number of aromatic nitrogens is 2. The van der Waals surface area contributed by atoms with Crippen molar-refractivity contribution in [1.29, 1.82) is 0 Å².